The molecule has 1 saturated heterocycles. The van der Waals surface area contributed by atoms with Crippen LogP contribution in [0.2, 0.25) is 0 Å². The first-order chi connectivity index (χ1) is 9.41. The number of nitrogens with zero attached hydrogens (tertiary/aromatic N) is 1. The van der Waals surface area contributed by atoms with Gasteiger partial charge in [-0.05, 0) is 17.5 Å². The fourth-order valence-corrected chi connectivity index (χ4v) is 3.24. The molecule has 1 fully saturated rings. The van der Waals surface area contributed by atoms with Gasteiger partial charge in [-0.1, -0.05) is 48.0 Å². The van der Waals surface area contributed by atoms with Crippen LogP contribution in [0.3, 0.4) is 0 Å². The van der Waals surface area contributed by atoms with Crippen molar-refractivity contribution >= 4 is 27.8 Å². The fraction of sp³-hybridized carbons (Fsp3) is 0.467. The second-order valence-corrected chi connectivity index (χ2v) is 6.41. The topological polar surface area (TPSA) is 57.6 Å². The minimum Gasteiger partial charge on any atom is -0.481 e. The second kappa shape index (κ2) is 5.95. The lowest BCUT2D eigenvalue weighted by Crippen LogP contribution is -2.33. The van der Waals surface area contributed by atoms with E-state index in [9.17, 15) is 14.7 Å². The molecule has 1 N–H and O–H groups in total. The standard InChI is InChI=1S/C15H18BrNO3/c1-9(2)8-17-13(18)7-11(15(19)20)14(17)10-5-3-4-6-12(10)16/h3-6,9,11,14H,7-8H2,1-2H3,(H,19,20). The van der Waals surface area contributed by atoms with Crippen molar-refractivity contribution in [3.05, 3.63) is 34.3 Å². The van der Waals surface area contributed by atoms with E-state index in [2.05, 4.69) is 15.9 Å². The number of carbonyl (C=O) groups is 2. The lowest BCUT2D eigenvalue weighted by molar-refractivity contribution is -0.142. The Morgan fingerprint density at radius 1 is 1.45 bits per heavy atom. The molecule has 4 nitrogen and oxygen atoms in total. The quantitative estimate of drug-likeness (QED) is 0.916. The molecule has 0 saturated carbocycles. The van der Waals surface area contributed by atoms with E-state index >= 15 is 0 Å². The van der Waals surface area contributed by atoms with Crippen LogP contribution in [0, 0.1) is 11.8 Å². The highest BCUT2D eigenvalue weighted by molar-refractivity contribution is 9.10. The molecule has 2 unspecified atom stereocenters. The summed E-state index contributed by atoms with van der Waals surface area (Å²) in [6.45, 7) is 4.63. The van der Waals surface area contributed by atoms with Crippen molar-refractivity contribution < 1.29 is 14.7 Å². The van der Waals surface area contributed by atoms with Crippen LogP contribution < -0.4 is 0 Å². The van der Waals surface area contributed by atoms with Gasteiger partial charge in [-0.15, -0.1) is 0 Å². The number of carboxylic acid groups (broad SMARTS) is 1. The van der Waals surface area contributed by atoms with Gasteiger partial charge in [0, 0.05) is 17.4 Å². The third-order valence-corrected chi connectivity index (χ3v) is 4.26. The number of halogens is 1. The highest BCUT2D eigenvalue weighted by atomic mass is 79.9. The summed E-state index contributed by atoms with van der Waals surface area (Å²) < 4.78 is 0.847. The lowest BCUT2D eigenvalue weighted by atomic mass is 9.93. The largest absolute Gasteiger partial charge is 0.481 e. The van der Waals surface area contributed by atoms with Crippen LogP contribution in [0.5, 0.6) is 0 Å². The highest BCUT2D eigenvalue weighted by Gasteiger charge is 2.45. The second-order valence-electron chi connectivity index (χ2n) is 5.56. The number of carboxylic acids is 1. The minimum absolute atomic E-state index is 0.0770. The molecule has 2 atom stereocenters. The summed E-state index contributed by atoms with van der Waals surface area (Å²) in [6.07, 6.45) is 0.0774. The van der Waals surface area contributed by atoms with Crippen LogP contribution in [0.4, 0.5) is 0 Å². The zero-order chi connectivity index (χ0) is 14.9. The third kappa shape index (κ3) is 2.87. The number of benzene rings is 1. The summed E-state index contributed by atoms with van der Waals surface area (Å²) in [6, 6.07) is 7.13. The minimum atomic E-state index is -0.912. The maximum atomic E-state index is 12.2. The number of hydrogen-bond acceptors (Lipinski definition) is 2. The van der Waals surface area contributed by atoms with E-state index in [0.717, 1.165) is 10.0 Å². The number of amides is 1. The fourth-order valence-electron chi connectivity index (χ4n) is 2.72. The van der Waals surface area contributed by atoms with Crippen molar-refractivity contribution in [3.8, 4) is 0 Å². The average molecular weight is 340 g/mol. The highest BCUT2D eigenvalue weighted by Crippen LogP contribution is 2.41. The summed E-state index contributed by atoms with van der Waals surface area (Å²) in [7, 11) is 0. The third-order valence-electron chi connectivity index (χ3n) is 3.53. The molecule has 0 aliphatic carbocycles. The van der Waals surface area contributed by atoms with E-state index in [-0.39, 0.29) is 12.3 Å². The number of aliphatic carboxylic acids is 1. The Bertz CT molecular complexity index is 530. The zero-order valence-corrected chi connectivity index (χ0v) is 13.1. The van der Waals surface area contributed by atoms with Crippen LogP contribution in [-0.2, 0) is 9.59 Å². The molecule has 1 aromatic carbocycles. The van der Waals surface area contributed by atoms with Gasteiger partial charge in [-0.25, -0.2) is 0 Å². The van der Waals surface area contributed by atoms with Gasteiger partial charge in [-0.3, -0.25) is 9.59 Å². The molecule has 0 radical (unpaired) electrons. The number of likely N-dealkylation sites (tertiary alicyclic amines) is 1. The zero-order valence-electron chi connectivity index (χ0n) is 11.5. The van der Waals surface area contributed by atoms with Crippen molar-refractivity contribution in [1.29, 1.82) is 0 Å². The maximum absolute atomic E-state index is 12.2. The first kappa shape index (κ1) is 15.0. The molecular weight excluding hydrogens is 322 g/mol. The van der Waals surface area contributed by atoms with E-state index in [0.29, 0.717) is 12.5 Å². The van der Waals surface area contributed by atoms with Crippen molar-refractivity contribution in [2.24, 2.45) is 11.8 Å². The molecule has 1 amide bonds. The van der Waals surface area contributed by atoms with Crippen molar-refractivity contribution in [2.45, 2.75) is 26.3 Å². The lowest BCUT2D eigenvalue weighted by Gasteiger charge is -2.29. The monoisotopic (exact) mass is 339 g/mol. The predicted octanol–water partition coefficient (Wildman–Crippen LogP) is 3.08. The summed E-state index contributed by atoms with van der Waals surface area (Å²) in [5.41, 5.74) is 0.867. The van der Waals surface area contributed by atoms with Crippen LogP contribution in [-0.4, -0.2) is 28.4 Å². The number of carbonyl (C=O) groups excluding carboxylic acids is 1. The van der Waals surface area contributed by atoms with Gasteiger partial charge >= 0.3 is 5.97 Å². The van der Waals surface area contributed by atoms with Crippen LogP contribution in [0.15, 0.2) is 28.7 Å². The predicted molar refractivity (Wildman–Crippen MR) is 79.2 cm³/mol. The molecule has 1 aromatic rings. The van der Waals surface area contributed by atoms with E-state index < -0.39 is 17.9 Å². The molecule has 0 aromatic heterocycles. The van der Waals surface area contributed by atoms with E-state index in [1.807, 2.05) is 38.1 Å². The van der Waals surface area contributed by atoms with Gasteiger partial charge < -0.3 is 10.0 Å². The Morgan fingerprint density at radius 2 is 2.10 bits per heavy atom. The van der Waals surface area contributed by atoms with Crippen LogP contribution in [0.25, 0.3) is 0 Å². The normalized spacial score (nSPS) is 22.6. The summed E-state index contributed by atoms with van der Waals surface area (Å²) >= 11 is 3.47. The first-order valence-electron chi connectivity index (χ1n) is 6.68. The molecule has 1 heterocycles. The molecule has 20 heavy (non-hydrogen) atoms. The van der Waals surface area contributed by atoms with Crippen molar-refractivity contribution in [1.82, 2.24) is 4.90 Å². The number of rotatable bonds is 4. The van der Waals surface area contributed by atoms with Crippen LogP contribution in [0.1, 0.15) is 31.9 Å². The molecule has 1 aliphatic rings. The molecule has 1 aliphatic heterocycles. The van der Waals surface area contributed by atoms with E-state index in [1.54, 1.807) is 4.90 Å². The molecule has 0 spiro atoms. The van der Waals surface area contributed by atoms with Gasteiger partial charge in [0.15, 0.2) is 0 Å². The van der Waals surface area contributed by atoms with Crippen LogP contribution >= 0.6 is 15.9 Å². The van der Waals surface area contributed by atoms with Crippen molar-refractivity contribution in [3.63, 3.8) is 0 Å². The van der Waals surface area contributed by atoms with Crippen molar-refractivity contribution in [2.75, 3.05) is 6.54 Å². The average Bonchev–Trinajstić information content (AvgIpc) is 2.67. The summed E-state index contributed by atoms with van der Waals surface area (Å²) in [4.78, 5) is 25.4. The molecule has 5 heteroatoms. The molecular formula is C15H18BrNO3. The van der Waals surface area contributed by atoms with Gasteiger partial charge in [0.2, 0.25) is 5.91 Å². The molecule has 0 bridgehead atoms. The van der Waals surface area contributed by atoms with Gasteiger partial charge in [-0.2, -0.15) is 0 Å². The number of hydrogen-bond donors (Lipinski definition) is 1. The van der Waals surface area contributed by atoms with Gasteiger partial charge in [0.1, 0.15) is 0 Å². The first-order valence-corrected chi connectivity index (χ1v) is 7.47. The summed E-state index contributed by atoms with van der Waals surface area (Å²) in [5, 5.41) is 9.41. The van der Waals surface area contributed by atoms with Gasteiger partial charge in [0.25, 0.3) is 0 Å². The molecule has 108 valence electrons. The Balaban J connectivity index is 2.43. The smallest absolute Gasteiger partial charge is 0.309 e. The Kier molecular flexibility index (Phi) is 4.48. The maximum Gasteiger partial charge on any atom is 0.309 e. The Labute approximate surface area is 126 Å². The summed E-state index contributed by atoms with van der Waals surface area (Å²) in [5.74, 6) is -1.37. The SMILES string of the molecule is CC(C)CN1C(=O)CC(C(=O)O)C1c1ccccc1Br. The molecule has 2 rings (SSSR count). The Morgan fingerprint density at radius 3 is 2.65 bits per heavy atom. The van der Waals surface area contributed by atoms with E-state index in [1.165, 1.54) is 0 Å². The Hall–Kier alpha value is -1.36. The van der Waals surface area contributed by atoms with E-state index in [4.69, 9.17) is 0 Å². The van der Waals surface area contributed by atoms with Gasteiger partial charge in [0.05, 0.1) is 12.0 Å².